The van der Waals surface area contributed by atoms with Gasteiger partial charge in [0, 0.05) is 6.42 Å². The van der Waals surface area contributed by atoms with Crippen LogP contribution in [-0.2, 0) is 4.79 Å². The molecule has 0 aromatic rings. The Bertz CT molecular complexity index is 209. The highest BCUT2D eigenvalue weighted by Gasteiger charge is 2.06. The average Bonchev–Trinajstić information content (AvgIpc) is 2.26. The lowest BCUT2D eigenvalue weighted by Crippen LogP contribution is -2.03. The van der Waals surface area contributed by atoms with Crippen molar-refractivity contribution >= 4 is 5.97 Å². The molecule has 2 heteroatoms. The lowest BCUT2D eigenvalue weighted by Gasteiger charge is -2.07. The predicted molar refractivity (Wildman–Crippen MR) is 73.2 cm³/mol. The number of aliphatic carboxylic acids is 1. The first-order valence-corrected chi connectivity index (χ1v) is 7.03. The maximum Gasteiger partial charge on any atom is 0.303 e. The van der Waals surface area contributed by atoms with Crippen molar-refractivity contribution in [1.29, 1.82) is 0 Å². The molecule has 0 fully saturated rings. The summed E-state index contributed by atoms with van der Waals surface area (Å²) in [4.78, 5) is 10.5. The molecule has 0 aliphatic rings. The van der Waals surface area contributed by atoms with E-state index in [1.54, 1.807) is 0 Å². The zero-order valence-electron chi connectivity index (χ0n) is 11.5. The molecule has 1 N–H and O–H groups in total. The molecule has 0 saturated carbocycles. The van der Waals surface area contributed by atoms with Gasteiger partial charge in [-0.2, -0.15) is 0 Å². The van der Waals surface area contributed by atoms with E-state index in [4.69, 9.17) is 5.11 Å². The van der Waals surface area contributed by atoms with Crippen LogP contribution >= 0.6 is 0 Å². The molecular weight excluding hydrogens is 212 g/mol. The Morgan fingerprint density at radius 3 is 2.35 bits per heavy atom. The van der Waals surface area contributed by atoms with Crippen molar-refractivity contribution < 1.29 is 9.90 Å². The summed E-state index contributed by atoms with van der Waals surface area (Å²) in [7, 11) is 0. The third-order valence-electron chi connectivity index (χ3n) is 2.98. The SMILES string of the molecule is CCCCC=CCCCCCC(C)CC(=O)O. The second-order valence-corrected chi connectivity index (χ2v) is 4.95. The first kappa shape index (κ1) is 16.2. The van der Waals surface area contributed by atoms with E-state index in [2.05, 4.69) is 19.1 Å². The van der Waals surface area contributed by atoms with Crippen LogP contribution in [0.5, 0.6) is 0 Å². The number of allylic oxidation sites excluding steroid dienone is 2. The van der Waals surface area contributed by atoms with E-state index < -0.39 is 5.97 Å². The molecule has 0 spiro atoms. The third-order valence-corrected chi connectivity index (χ3v) is 2.98. The van der Waals surface area contributed by atoms with Gasteiger partial charge in [0.05, 0.1) is 0 Å². The maximum atomic E-state index is 10.5. The maximum absolute atomic E-state index is 10.5. The fraction of sp³-hybridized carbons (Fsp3) is 0.800. The molecule has 0 rings (SSSR count). The third kappa shape index (κ3) is 13.1. The molecule has 1 atom stereocenters. The van der Waals surface area contributed by atoms with Crippen molar-refractivity contribution in [3.8, 4) is 0 Å². The Morgan fingerprint density at radius 1 is 1.12 bits per heavy atom. The van der Waals surface area contributed by atoms with E-state index in [9.17, 15) is 4.79 Å². The Labute approximate surface area is 106 Å². The highest BCUT2D eigenvalue weighted by atomic mass is 16.4. The quantitative estimate of drug-likeness (QED) is 0.416. The van der Waals surface area contributed by atoms with Crippen LogP contribution in [0.1, 0.15) is 71.6 Å². The number of hydrogen-bond donors (Lipinski definition) is 1. The summed E-state index contributed by atoms with van der Waals surface area (Å²) in [6, 6.07) is 0. The summed E-state index contributed by atoms with van der Waals surface area (Å²) >= 11 is 0. The highest BCUT2D eigenvalue weighted by Crippen LogP contribution is 2.13. The Balaban J connectivity index is 3.23. The van der Waals surface area contributed by atoms with Crippen molar-refractivity contribution in [2.24, 2.45) is 5.92 Å². The summed E-state index contributed by atoms with van der Waals surface area (Å²) < 4.78 is 0. The fourth-order valence-electron chi connectivity index (χ4n) is 1.89. The van der Waals surface area contributed by atoms with Gasteiger partial charge in [-0.1, -0.05) is 58.1 Å². The van der Waals surface area contributed by atoms with Crippen LogP contribution in [0.3, 0.4) is 0 Å². The number of hydrogen-bond acceptors (Lipinski definition) is 1. The van der Waals surface area contributed by atoms with Crippen molar-refractivity contribution in [3.63, 3.8) is 0 Å². The molecule has 0 amide bonds. The van der Waals surface area contributed by atoms with Crippen LogP contribution in [0, 0.1) is 5.92 Å². The van der Waals surface area contributed by atoms with E-state index >= 15 is 0 Å². The first-order valence-electron chi connectivity index (χ1n) is 7.03. The van der Waals surface area contributed by atoms with Gasteiger partial charge in [-0.25, -0.2) is 0 Å². The standard InChI is InChI=1S/C15H28O2/c1-3-4-5-6-7-8-9-10-11-12-14(2)13-15(16)17/h6-7,14H,3-5,8-13H2,1-2H3,(H,16,17). The van der Waals surface area contributed by atoms with Crippen molar-refractivity contribution in [3.05, 3.63) is 12.2 Å². The van der Waals surface area contributed by atoms with Crippen LogP contribution in [0.4, 0.5) is 0 Å². The normalized spacial score (nSPS) is 13.1. The Kier molecular flexibility index (Phi) is 11.1. The largest absolute Gasteiger partial charge is 0.481 e. The Hall–Kier alpha value is -0.790. The highest BCUT2D eigenvalue weighted by molar-refractivity contribution is 5.66. The summed E-state index contributed by atoms with van der Waals surface area (Å²) in [6.45, 7) is 4.24. The van der Waals surface area contributed by atoms with Crippen LogP contribution in [0.15, 0.2) is 12.2 Å². The van der Waals surface area contributed by atoms with Crippen molar-refractivity contribution in [2.75, 3.05) is 0 Å². The minimum Gasteiger partial charge on any atom is -0.481 e. The van der Waals surface area contributed by atoms with Gasteiger partial charge >= 0.3 is 5.97 Å². The zero-order chi connectivity index (χ0) is 12.9. The van der Waals surface area contributed by atoms with Gasteiger partial charge in [-0.05, 0) is 25.2 Å². The van der Waals surface area contributed by atoms with Gasteiger partial charge in [0.2, 0.25) is 0 Å². The monoisotopic (exact) mass is 240 g/mol. The summed E-state index contributed by atoms with van der Waals surface area (Å²) in [5.74, 6) is -0.344. The van der Waals surface area contributed by atoms with Crippen LogP contribution in [0.2, 0.25) is 0 Å². The molecule has 0 bridgehead atoms. The number of rotatable bonds is 11. The second kappa shape index (κ2) is 11.7. The molecular formula is C15H28O2. The summed E-state index contributed by atoms with van der Waals surface area (Å²) in [5.41, 5.74) is 0. The second-order valence-electron chi connectivity index (χ2n) is 4.95. The molecule has 0 aromatic heterocycles. The molecule has 0 radical (unpaired) electrons. The van der Waals surface area contributed by atoms with Gasteiger partial charge < -0.3 is 5.11 Å². The molecule has 0 aliphatic carbocycles. The number of carboxylic acid groups (broad SMARTS) is 1. The zero-order valence-corrected chi connectivity index (χ0v) is 11.5. The van der Waals surface area contributed by atoms with Crippen LogP contribution < -0.4 is 0 Å². The molecule has 0 aromatic carbocycles. The lowest BCUT2D eigenvalue weighted by molar-refractivity contribution is -0.138. The van der Waals surface area contributed by atoms with Crippen molar-refractivity contribution in [1.82, 2.24) is 0 Å². The molecule has 0 heterocycles. The number of carbonyl (C=O) groups is 1. The molecule has 0 aliphatic heterocycles. The van der Waals surface area contributed by atoms with Gasteiger partial charge in [0.15, 0.2) is 0 Å². The fourth-order valence-corrected chi connectivity index (χ4v) is 1.89. The van der Waals surface area contributed by atoms with E-state index in [1.807, 2.05) is 6.92 Å². The molecule has 1 unspecified atom stereocenters. The van der Waals surface area contributed by atoms with E-state index in [0.29, 0.717) is 12.3 Å². The minimum absolute atomic E-state index is 0.316. The van der Waals surface area contributed by atoms with E-state index in [1.165, 1.54) is 38.5 Å². The molecule has 17 heavy (non-hydrogen) atoms. The van der Waals surface area contributed by atoms with Gasteiger partial charge in [-0.3, -0.25) is 4.79 Å². The minimum atomic E-state index is -0.670. The topological polar surface area (TPSA) is 37.3 Å². The molecule has 2 nitrogen and oxygen atoms in total. The van der Waals surface area contributed by atoms with Crippen LogP contribution in [-0.4, -0.2) is 11.1 Å². The smallest absolute Gasteiger partial charge is 0.303 e. The number of unbranched alkanes of at least 4 members (excludes halogenated alkanes) is 5. The first-order chi connectivity index (χ1) is 8.16. The van der Waals surface area contributed by atoms with Gasteiger partial charge in [-0.15, -0.1) is 0 Å². The average molecular weight is 240 g/mol. The van der Waals surface area contributed by atoms with Gasteiger partial charge in [0.1, 0.15) is 0 Å². The Morgan fingerprint density at radius 2 is 1.76 bits per heavy atom. The van der Waals surface area contributed by atoms with Gasteiger partial charge in [0.25, 0.3) is 0 Å². The van der Waals surface area contributed by atoms with E-state index in [-0.39, 0.29) is 0 Å². The number of carboxylic acids is 1. The lowest BCUT2D eigenvalue weighted by atomic mass is 9.99. The summed E-state index contributed by atoms with van der Waals surface area (Å²) in [6.07, 6.45) is 14.5. The molecule has 0 saturated heterocycles. The van der Waals surface area contributed by atoms with E-state index in [0.717, 1.165) is 12.8 Å². The predicted octanol–water partition coefficient (Wildman–Crippen LogP) is 4.79. The van der Waals surface area contributed by atoms with Crippen LogP contribution in [0.25, 0.3) is 0 Å². The summed E-state index contributed by atoms with van der Waals surface area (Å²) in [5, 5.41) is 8.62. The van der Waals surface area contributed by atoms with Crippen molar-refractivity contribution in [2.45, 2.75) is 71.6 Å². The molecule has 100 valence electrons.